The fraction of sp³-hybridized carbons (Fsp3) is 0.364. The zero-order valence-electron chi connectivity index (χ0n) is 16.1. The number of methoxy groups -OCH3 is 1. The fourth-order valence-corrected chi connectivity index (χ4v) is 3.34. The Hall–Kier alpha value is -2.86. The number of piperidine rings is 1. The average Bonchev–Trinajstić information content (AvgIpc) is 2.77. The maximum Gasteiger partial charge on any atom is 0.252 e. The predicted octanol–water partition coefficient (Wildman–Crippen LogP) is 2.28. The Morgan fingerprint density at radius 2 is 1.75 bits per heavy atom. The molecular weight excluding hydrogens is 354 g/mol. The summed E-state index contributed by atoms with van der Waals surface area (Å²) in [6, 6.07) is 15.4. The predicted molar refractivity (Wildman–Crippen MR) is 108 cm³/mol. The third-order valence-corrected chi connectivity index (χ3v) is 5.05. The van der Waals surface area contributed by atoms with Crippen LogP contribution in [0.5, 0.6) is 5.75 Å². The lowest BCUT2D eigenvalue weighted by molar-refractivity contribution is -0.123. The molecule has 28 heavy (non-hydrogen) atoms. The van der Waals surface area contributed by atoms with Gasteiger partial charge in [-0.05, 0) is 61.7 Å². The van der Waals surface area contributed by atoms with E-state index in [2.05, 4.69) is 16.0 Å². The second kappa shape index (κ2) is 9.90. The number of hydrogen-bond acceptors (Lipinski definition) is 4. The van der Waals surface area contributed by atoms with Gasteiger partial charge in [0.1, 0.15) is 11.8 Å². The fourth-order valence-electron chi connectivity index (χ4n) is 3.34. The highest BCUT2D eigenvalue weighted by Crippen LogP contribution is 2.17. The first-order chi connectivity index (χ1) is 13.7. The lowest BCUT2D eigenvalue weighted by atomic mass is 9.98. The Morgan fingerprint density at radius 1 is 1.07 bits per heavy atom. The van der Waals surface area contributed by atoms with Crippen LogP contribution in [0.1, 0.15) is 34.8 Å². The summed E-state index contributed by atoms with van der Waals surface area (Å²) in [7, 11) is 1.58. The van der Waals surface area contributed by atoms with Gasteiger partial charge in [-0.15, -0.1) is 0 Å². The Kier molecular flexibility index (Phi) is 7.03. The molecule has 3 rings (SSSR count). The third kappa shape index (κ3) is 5.33. The largest absolute Gasteiger partial charge is 0.497 e. The van der Waals surface area contributed by atoms with E-state index in [0.717, 1.165) is 31.5 Å². The van der Waals surface area contributed by atoms with Crippen LogP contribution in [0, 0.1) is 5.92 Å². The summed E-state index contributed by atoms with van der Waals surface area (Å²) in [6.07, 6.45) is 2.10. The van der Waals surface area contributed by atoms with E-state index in [1.54, 1.807) is 31.4 Å². The Bertz CT molecular complexity index is 771. The van der Waals surface area contributed by atoms with Crippen LogP contribution in [0.4, 0.5) is 0 Å². The van der Waals surface area contributed by atoms with Crippen LogP contribution in [0.3, 0.4) is 0 Å². The molecule has 1 fully saturated rings. The smallest absolute Gasteiger partial charge is 0.252 e. The van der Waals surface area contributed by atoms with Gasteiger partial charge in [0.25, 0.3) is 5.91 Å². The lowest BCUT2D eigenvalue weighted by Crippen LogP contribution is -2.43. The molecule has 0 bridgehead atoms. The summed E-state index contributed by atoms with van der Waals surface area (Å²) in [5.74, 6) is 0.662. The number of ether oxygens (including phenoxy) is 1. The molecule has 1 aliphatic rings. The van der Waals surface area contributed by atoms with E-state index in [1.807, 2.05) is 30.3 Å². The first-order valence-corrected chi connectivity index (χ1v) is 9.65. The number of carbonyl (C=O) groups is 2. The summed E-state index contributed by atoms with van der Waals surface area (Å²) in [5, 5.41) is 9.22. The molecule has 1 aliphatic heterocycles. The van der Waals surface area contributed by atoms with Gasteiger partial charge in [0.15, 0.2) is 0 Å². The Balaban J connectivity index is 1.69. The highest BCUT2D eigenvalue weighted by molar-refractivity contribution is 5.98. The number of rotatable bonds is 7. The molecule has 1 saturated heterocycles. The van der Waals surface area contributed by atoms with Crippen molar-refractivity contribution in [3.63, 3.8) is 0 Å². The van der Waals surface area contributed by atoms with Crippen LogP contribution < -0.4 is 20.7 Å². The van der Waals surface area contributed by atoms with E-state index in [-0.39, 0.29) is 11.8 Å². The second-order valence-electron chi connectivity index (χ2n) is 6.98. The van der Waals surface area contributed by atoms with Gasteiger partial charge in [0.05, 0.1) is 7.11 Å². The summed E-state index contributed by atoms with van der Waals surface area (Å²) < 4.78 is 5.13. The molecule has 2 aromatic rings. The lowest BCUT2D eigenvalue weighted by Gasteiger charge is -2.24. The maximum absolute atomic E-state index is 12.9. The van der Waals surface area contributed by atoms with E-state index in [9.17, 15) is 9.59 Å². The molecule has 1 atom stereocenters. The topological polar surface area (TPSA) is 79.5 Å². The minimum Gasteiger partial charge on any atom is -0.497 e. The molecule has 0 aromatic heterocycles. The van der Waals surface area contributed by atoms with E-state index in [0.29, 0.717) is 23.8 Å². The highest BCUT2D eigenvalue weighted by Gasteiger charge is 2.24. The Morgan fingerprint density at radius 3 is 2.39 bits per heavy atom. The summed E-state index contributed by atoms with van der Waals surface area (Å²) >= 11 is 0. The van der Waals surface area contributed by atoms with Gasteiger partial charge >= 0.3 is 0 Å². The standard InChI is InChI=1S/C22H27N3O3/c1-28-19-9-7-18(8-10-19)21(26)25-20(17-5-3-2-4-6-17)22(27)24-15-16-11-13-23-14-12-16/h2-10,16,20,23H,11-15H2,1H3,(H,24,27)(H,25,26)/t20-/m1/s1. The molecule has 148 valence electrons. The van der Waals surface area contributed by atoms with Crippen molar-refractivity contribution in [1.29, 1.82) is 0 Å². The molecule has 6 heteroatoms. The van der Waals surface area contributed by atoms with Crippen molar-refractivity contribution in [1.82, 2.24) is 16.0 Å². The average molecular weight is 381 g/mol. The number of hydrogen-bond donors (Lipinski definition) is 3. The minimum atomic E-state index is -0.738. The van der Waals surface area contributed by atoms with Gasteiger partial charge < -0.3 is 20.7 Å². The molecule has 1 heterocycles. The van der Waals surface area contributed by atoms with Crippen LogP contribution >= 0.6 is 0 Å². The number of carbonyl (C=O) groups excluding carboxylic acids is 2. The van der Waals surface area contributed by atoms with Crippen molar-refractivity contribution < 1.29 is 14.3 Å². The number of benzene rings is 2. The van der Waals surface area contributed by atoms with Crippen molar-refractivity contribution in [2.24, 2.45) is 5.92 Å². The molecule has 0 aliphatic carbocycles. The molecule has 0 unspecified atom stereocenters. The molecule has 0 saturated carbocycles. The summed E-state index contributed by atoms with van der Waals surface area (Å²) in [6.45, 7) is 2.59. The summed E-state index contributed by atoms with van der Waals surface area (Å²) in [5.41, 5.74) is 1.24. The Labute approximate surface area is 165 Å². The van der Waals surface area contributed by atoms with E-state index < -0.39 is 6.04 Å². The highest BCUT2D eigenvalue weighted by atomic mass is 16.5. The zero-order valence-corrected chi connectivity index (χ0v) is 16.1. The van der Waals surface area contributed by atoms with Gasteiger partial charge in [-0.3, -0.25) is 9.59 Å². The van der Waals surface area contributed by atoms with Crippen LogP contribution in [0.2, 0.25) is 0 Å². The van der Waals surface area contributed by atoms with Crippen LogP contribution in [-0.2, 0) is 4.79 Å². The molecular formula is C22H27N3O3. The molecule has 3 N–H and O–H groups in total. The second-order valence-corrected chi connectivity index (χ2v) is 6.98. The van der Waals surface area contributed by atoms with Gasteiger partial charge in [-0.25, -0.2) is 0 Å². The molecule has 6 nitrogen and oxygen atoms in total. The van der Waals surface area contributed by atoms with Gasteiger partial charge in [-0.2, -0.15) is 0 Å². The first-order valence-electron chi connectivity index (χ1n) is 9.65. The van der Waals surface area contributed by atoms with E-state index >= 15 is 0 Å². The molecule has 2 amide bonds. The third-order valence-electron chi connectivity index (χ3n) is 5.05. The maximum atomic E-state index is 12.9. The first kappa shape index (κ1) is 19.9. The quantitative estimate of drug-likeness (QED) is 0.688. The van der Waals surface area contributed by atoms with Crippen molar-refractivity contribution in [3.8, 4) is 5.75 Å². The SMILES string of the molecule is COc1ccc(C(=O)N[C@@H](C(=O)NCC2CCNCC2)c2ccccc2)cc1. The van der Waals surface area contributed by atoms with E-state index in [4.69, 9.17) is 4.74 Å². The van der Waals surface area contributed by atoms with Gasteiger partial charge in [0, 0.05) is 12.1 Å². The van der Waals surface area contributed by atoms with Crippen LogP contribution in [0.15, 0.2) is 54.6 Å². The monoisotopic (exact) mass is 381 g/mol. The molecule has 2 aromatic carbocycles. The number of nitrogens with one attached hydrogen (secondary N) is 3. The van der Waals surface area contributed by atoms with Crippen LogP contribution in [0.25, 0.3) is 0 Å². The van der Waals surface area contributed by atoms with Crippen molar-refractivity contribution in [3.05, 3.63) is 65.7 Å². The van der Waals surface area contributed by atoms with Crippen molar-refractivity contribution in [2.45, 2.75) is 18.9 Å². The van der Waals surface area contributed by atoms with Gasteiger partial charge in [-0.1, -0.05) is 30.3 Å². The zero-order chi connectivity index (χ0) is 19.8. The number of amides is 2. The van der Waals surface area contributed by atoms with Crippen molar-refractivity contribution >= 4 is 11.8 Å². The molecule has 0 radical (unpaired) electrons. The van der Waals surface area contributed by atoms with Crippen LogP contribution in [-0.4, -0.2) is 38.6 Å². The van der Waals surface area contributed by atoms with Crippen molar-refractivity contribution in [2.75, 3.05) is 26.7 Å². The minimum absolute atomic E-state index is 0.188. The molecule has 0 spiro atoms. The van der Waals surface area contributed by atoms with Gasteiger partial charge in [0.2, 0.25) is 5.91 Å². The summed E-state index contributed by atoms with van der Waals surface area (Å²) in [4.78, 5) is 25.6. The van der Waals surface area contributed by atoms with E-state index in [1.165, 1.54) is 0 Å². The normalized spacial score (nSPS) is 15.5.